The summed E-state index contributed by atoms with van der Waals surface area (Å²) in [6.45, 7) is 1.81. The van der Waals surface area contributed by atoms with Crippen molar-refractivity contribution in [3.63, 3.8) is 0 Å². The van der Waals surface area contributed by atoms with E-state index in [1.54, 1.807) is 10.9 Å². The van der Waals surface area contributed by atoms with Crippen molar-refractivity contribution in [2.24, 2.45) is 0 Å². The van der Waals surface area contributed by atoms with E-state index in [-0.39, 0.29) is 6.61 Å². The summed E-state index contributed by atoms with van der Waals surface area (Å²) in [6.07, 6.45) is 1.75. The Morgan fingerprint density at radius 2 is 2.04 bits per heavy atom. The minimum Gasteiger partial charge on any atom is -0.394 e. The molecule has 1 saturated heterocycles. The zero-order valence-electron chi connectivity index (χ0n) is 13.7. The second-order valence-corrected chi connectivity index (χ2v) is 6.15. The van der Waals surface area contributed by atoms with E-state index in [0.717, 1.165) is 5.69 Å². The second kappa shape index (κ2) is 6.40. The number of imidazole rings is 1. The molecule has 0 aliphatic carbocycles. The summed E-state index contributed by atoms with van der Waals surface area (Å²) >= 11 is 0. The molecule has 0 amide bonds. The maximum Gasteiger partial charge on any atom is 0.167 e. The maximum absolute atomic E-state index is 9.94. The molecule has 3 aromatic rings. The fourth-order valence-corrected chi connectivity index (χ4v) is 2.98. The quantitative estimate of drug-likeness (QED) is 0.661. The van der Waals surface area contributed by atoms with Gasteiger partial charge in [0.25, 0.3) is 0 Å². The van der Waals surface area contributed by atoms with Gasteiger partial charge in [-0.2, -0.15) is 0 Å². The first kappa shape index (κ1) is 15.9. The molecule has 8 nitrogen and oxygen atoms in total. The van der Waals surface area contributed by atoms with E-state index in [4.69, 9.17) is 4.74 Å². The lowest BCUT2D eigenvalue weighted by atomic mass is 10.2. The summed E-state index contributed by atoms with van der Waals surface area (Å²) in [6, 6.07) is 7.98. The van der Waals surface area contributed by atoms with Crippen LogP contribution in [0.1, 0.15) is 18.2 Å². The van der Waals surface area contributed by atoms with Gasteiger partial charge < -0.3 is 20.3 Å². The molecule has 1 aliphatic rings. The number of rotatable bonds is 4. The number of aliphatic hydroxyl groups excluding tert-OH is 2. The van der Waals surface area contributed by atoms with Gasteiger partial charge in [0.2, 0.25) is 0 Å². The lowest BCUT2D eigenvalue weighted by Gasteiger charge is -2.13. The predicted octanol–water partition coefficient (Wildman–Crippen LogP) is 1.52. The number of nitrogens with one attached hydrogen (secondary N) is 1. The van der Waals surface area contributed by atoms with E-state index < -0.39 is 18.4 Å². The van der Waals surface area contributed by atoms with E-state index in [1.165, 1.54) is 11.9 Å². The van der Waals surface area contributed by atoms with Crippen LogP contribution in [0.25, 0.3) is 11.2 Å². The van der Waals surface area contributed by atoms with Crippen LogP contribution in [0, 0.1) is 6.92 Å². The molecule has 0 spiro atoms. The van der Waals surface area contributed by atoms with Gasteiger partial charge in [0.1, 0.15) is 18.7 Å². The first-order valence-electron chi connectivity index (χ1n) is 8.11. The van der Waals surface area contributed by atoms with Crippen LogP contribution < -0.4 is 5.32 Å². The van der Waals surface area contributed by atoms with Gasteiger partial charge in [-0.1, -0.05) is 17.7 Å². The number of anilines is 2. The topological polar surface area (TPSA) is 105 Å². The zero-order chi connectivity index (χ0) is 17.4. The maximum atomic E-state index is 9.94. The number of aromatic nitrogens is 4. The Labute approximate surface area is 144 Å². The highest BCUT2D eigenvalue weighted by Gasteiger charge is 2.35. The van der Waals surface area contributed by atoms with Gasteiger partial charge >= 0.3 is 0 Å². The normalized spacial score (nSPS) is 23.2. The van der Waals surface area contributed by atoms with Crippen molar-refractivity contribution < 1.29 is 14.9 Å². The number of benzene rings is 1. The zero-order valence-corrected chi connectivity index (χ0v) is 13.7. The summed E-state index contributed by atoms with van der Waals surface area (Å²) < 4.78 is 7.45. The van der Waals surface area contributed by atoms with Gasteiger partial charge in [-0.15, -0.1) is 0 Å². The lowest BCUT2D eigenvalue weighted by molar-refractivity contribution is -0.0432. The molecule has 1 aromatic carbocycles. The van der Waals surface area contributed by atoms with E-state index in [0.29, 0.717) is 23.4 Å². The third-order valence-electron chi connectivity index (χ3n) is 4.37. The Hall–Kier alpha value is -2.55. The van der Waals surface area contributed by atoms with Crippen molar-refractivity contribution in [1.82, 2.24) is 19.5 Å². The van der Waals surface area contributed by atoms with Crippen LogP contribution in [0.5, 0.6) is 0 Å². The molecule has 130 valence electrons. The largest absolute Gasteiger partial charge is 0.394 e. The van der Waals surface area contributed by atoms with Crippen molar-refractivity contribution in [2.75, 3.05) is 11.9 Å². The van der Waals surface area contributed by atoms with Crippen LogP contribution in [-0.2, 0) is 4.74 Å². The Morgan fingerprint density at radius 1 is 1.24 bits per heavy atom. The van der Waals surface area contributed by atoms with Crippen molar-refractivity contribution in [1.29, 1.82) is 0 Å². The average Bonchev–Trinajstić information content (AvgIpc) is 3.20. The number of aliphatic hydroxyl groups is 2. The monoisotopic (exact) mass is 341 g/mol. The standard InChI is InChI=1S/C17H19N5O3/c1-10-2-4-11(5-3-10)21-16-15-17(19-8-18-16)22(9-20-15)14-6-12(24)13(7-23)25-14/h2-5,8-9,12-14,23-24H,6-7H2,1H3,(H,18,19,21)/t12-,13+,14+/m0/s1. The highest BCUT2D eigenvalue weighted by atomic mass is 16.5. The average molecular weight is 341 g/mol. The number of hydrogen-bond donors (Lipinski definition) is 3. The minimum atomic E-state index is -0.709. The summed E-state index contributed by atoms with van der Waals surface area (Å²) in [7, 11) is 0. The van der Waals surface area contributed by atoms with Crippen molar-refractivity contribution >= 4 is 22.7 Å². The molecular weight excluding hydrogens is 322 g/mol. The summed E-state index contributed by atoms with van der Waals surface area (Å²) in [4.78, 5) is 13.0. The van der Waals surface area contributed by atoms with Gasteiger partial charge in [-0.3, -0.25) is 4.57 Å². The molecule has 25 heavy (non-hydrogen) atoms. The van der Waals surface area contributed by atoms with Crippen LogP contribution in [0.3, 0.4) is 0 Å². The van der Waals surface area contributed by atoms with E-state index in [9.17, 15) is 10.2 Å². The van der Waals surface area contributed by atoms with Crippen molar-refractivity contribution in [3.8, 4) is 0 Å². The molecule has 8 heteroatoms. The molecule has 0 saturated carbocycles. The number of fused-ring (bicyclic) bond motifs is 1. The van der Waals surface area contributed by atoms with Crippen LogP contribution in [-0.4, -0.2) is 48.5 Å². The molecule has 1 aliphatic heterocycles. The Bertz CT molecular complexity index is 880. The minimum absolute atomic E-state index is 0.223. The summed E-state index contributed by atoms with van der Waals surface area (Å²) in [5, 5.41) is 22.4. The van der Waals surface area contributed by atoms with Crippen molar-refractivity contribution in [2.45, 2.75) is 31.8 Å². The molecule has 0 bridgehead atoms. The smallest absolute Gasteiger partial charge is 0.167 e. The third kappa shape index (κ3) is 2.95. The molecule has 3 N–H and O–H groups in total. The first-order valence-corrected chi connectivity index (χ1v) is 8.11. The highest BCUT2D eigenvalue weighted by Crippen LogP contribution is 2.32. The van der Waals surface area contributed by atoms with Gasteiger partial charge in [0, 0.05) is 12.1 Å². The van der Waals surface area contributed by atoms with E-state index >= 15 is 0 Å². The lowest BCUT2D eigenvalue weighted by Crippen LogP contribution is -2.24. The molecular formula is C17H19N5O3. The summed E-state index contributed by atoms with van der Waals surface area (Å²) in [5.74, 6) is 0.602. The Balaban J connectivity index is 1.65. The molecule has 3 heterocycles. The van der Waals surface area contributed by atoms with Gasteiger partial charge in [-0.05, 0) is 19.1 Å². The number of aryl methyl sites for hydroxylation is 1. The molecule has 3 atom stereocenters. The summed E-state index contributed by atoms with van der Waals surface area (Å²) in [5.41, 5.74) is 3.32. The molecule has 0 unspecified atom stereocenters. The molecule has 4 rings (SSSR count). The van der Waals surface area contributed by atoms with Crippen LogP contribution in [0.4, 0.5) is 11.5 Å². The Morgan fingerprint density at radius 3 is 2.76 bits per heavy atom. The number of ether oxygens (including phenoxy) is 1. The predicted molar refractivity (Wildman–Crippen MR) is 91.4 cm³/mol. The SMILES string of the molecule is Cc1ccc(Nc2ncnc3c2ncn3[C@H]2C[C@H](O)[C@@H](CO)O2)cc1. The molecule has 2 aromatic heterocycles. The van der Waals surface area contributed by atoms with E-state index in [2.05, 4.69) is 20.3 Å². The molecule has 1 fully saturated rings. The first-order chi connectivity index (χ1) is 12.2. The van der Waals surface area contributed by atoms with Gasteiger partial charge in [0.15, 0.2) is 17.0 Å². The molecule has 0 radical (unpaired) electrons. The van der Waals surface area contributed by atoms with Crippen LogP contribution in [0.2, 0.25) is 0 Å². The van der Waals surface area contributed by atoms with E-state index in [1.807, 2.05) is 31.2 Å². The highest BCUT2D eigenvalue weighted by molar-refractivity contribution is 5.85. The van der Waals surface area contributed by atoms with Gasteiger partial charge in [0.05, 0.1) is 19.0 Å². The van der Waals surface area contributed by atoms with Crippen molar-refractivity contribution in [3.05, 3.63) is 42.5 Å². The fraction of sp³-hybridized carbons (Fsp3) is 0.353. The number of nitrogens with zero attached hydrogens (tertiary/aromatic N) is 4. The van der Waals surface area contributed by atoms with Crippen LogP contribution in [0.15, 0.2) is 36.9 Å². The van der Waals surface area contributed by atoms with Gasteiger partial charge in [-0.25, -0.2) is 15.0 Å². The fourth-order valence-electron chi connectivity index (χ4n) is 2.98. The second-order valence-electron chi connectivity index (χ2n) is 6.15. The van der Waals surface area contributed by atoms with Crippen LogP contribution >= 0.6 is 0 Å². The third-order valence-corrected chi connectivity index (χ3v) is 4.37. The number of hydrogen-bond acceptors (Lipinski definition) is 7. The Kier molecular flexibility index (Phi) is 4.08.